The van der Waals surface area contributed by atoms with Crippen LogP contribution in [0.15, 0.2) is 53.6 Å². The van der Waals surface area contributed by atoms with Crippen LogP contribution in [-0.4, -0.2) is 15.5 Å². The van der Waals surface area contributed by atoms with Crippen LogP contribution >= 0.6 is 0 Å². The summed E-state index contributed by atoms with van der Waals surface area (Å²) in [5, 5.41) is 3.38. The summed E-state index contributed by atoms with van der Waals surface area (Å²) in [5.41, 5.74) is 3.61. The summed E-state index contributed by atoms with van der Waals surface area (Å²) in [6, 6.07) is 13.3. The minimum atomic E-state index is -0.214. The molecule has 24 heavy (non-hydrogen) atoms. The Hall–Kier alpha value is -2.95. The van der Waals surface area contributed by atoms with Gasteiger partial charge >= 0.3 is 0 Å². The lowest BCUT2D eigenvalue weighted by Crippen LogP contribution is -2.32. The number of hydrogen-bond donors (Lipinski definition) is 1. The van der Waals surface area contributed by atoms with Crippen molar-refractivity contribution in [1.82, 2.24) is 14.9 Å². The first-order valence-electron chi connectivity index (χ1n) is 7.82. The van der Waals surface area contributed by atoms with Crippen LogP contribution in [0.2, 0.25) is 0 Å². The maximum atomic E-state index is 12.5. The predicted molar refractivity (Wildman–Crippen MR) is 93.8 cm³/mol. The van der Waals surface area contributed by atoms with Gasteiger partial charge < -0.3 is 5.32 Å². The Morgan fingerprint density at radius 3 is 2.62 bits per heavy atom. The number of aromatic nitrogens is 2. The van der Waals surface area contributed by atoms with E-state index in [-0.39, 0.29) is 18.0 Å². The molecule has 2 aromatic carbocycles. The van der Waals surface area contributed by atoms with E-state index in [1.54, 1.807) is 6.07 Å². The van der Waals surface area contributed by atoms with Gasteiger partial charge in [0.2, 0.25) is 5.91 Å². The molecule has 0 aliphatic rings. The van der Waals surface area contributed by atoms with Gasteiger partial charge in [-0.3, -0.25) is 14.2 Å². The van der Waals surface area contributed by atoms with E-state index in [1.807, 2.05) is 50.2 Å². The van der Waals surface area contributed by atoms with Crippen LogP contribution < -0.4 is 10.9 Å². The monoisotopic (exact) mass is 321 g/mol. The lowest BCUT2D eigenvalue weighted by molar-refractivity contribution is -0.121. The molecule has 1 amide bonds. The van der Waals surface area contributed by atoms with Crippen molar-refractivity contribution >= 4 is 16.8 Å². The molecule has 0 atom stereocenters. The third-order valence-corrected chi connectivity index (χ3v) is 4.11. The zero-order valence-electron chi connectivity index (χ0n) is 13.7. The minimum absolute atomic E-state index is 0.0401. The molecule has 0 fully saturated rings. The molecule has 0 saturated heterocycles. The van der Waals surface area contributed by atoms with Crippen LogP contribution in [-0.2, 0) is 17.9 Å². The van der Waals surface area contributed by atoms with E-state index in [2.05, 4.69) is 10.3 Å². The van der Waals surface area contributed by atoms with Crippen LogP contribution in [0.1, 0.15) is 16.7 Å². The molecule has 3 rings (SSSR count). The standard InChI is InChI=1S/C19H19N3O2/c1-13-6-3-4-8-15(13)10-20-17(23)11-22-12-21-18-14(2)7-5-9-16(18)19(22)24/h3-9,12H,10-11H2,1-2H3,(H,20,23). The van der Waals surface area contributed by atoms with E-state index in [9.17, 15) is 9.59 Å². The first-order chi connectivity index (χ1) is 11.6. The molecule has 0 spiro atoms. The Balaban J connectivity index is 1.75. The summed E-state index contributed by atoms with van der Waals surface area (Å²) in [4.78, 5) is 29.0. The van der Waals surface area contributed by atoms with Crippen molar-refractivity contribution in [2.75, 3.05) is 0 Å². The maximum Gasteiger partial charge on any atom is 0.261 e. The molecule has 122 valence electrons. The van der Waals surface area contributed by atoms with Gasteiger partial charge in [0.1, 0.15) is 6.54 Å². The molecule has 1 heterocycles. The van der Waals surface area contributed by atoms with Crippen LogP contribution in [0, 0.1) is 13.8 Å². The lowest BCUT2D eigenvalue weighted by Gasteiger charge is -2.10. The molecule has 5 nitrogen and oxygen atoms in total. The zero-order chi connectivity index (χ0) is 17.1. The number of aryl methyl sites for hydroxylation is 2. The highest BCUT2D eigenvalue weighted by Crippen LogP contribution is 2.11. The van der Waals surface area contributed by atoms with Crippen LogP contribution in [0.5, 0.6) is 0 Å². The SMILES string of the molecule is Cc1ccccc1CNC(=O)Cn1cnc2c(C)cccc2c1=O. The van der Waals surface area contributed by atoms with Crippen molar-refractivity contribution in [3.63, 3.8) is 0 Å². The second-order valence-corrected chi connectivity index (χ2v) is 5.85. The smallest absolute Gasteiger partial charge is 0.261 e. The Kier molecular flexibility index (Phi) is 4.42. The van der Waals surface area contributed by atoms with E-state index in [4.69, 9.17) is 0 Å². The van der Waals surface area contributed by atoms with Gasteiger partial charge in [0.25, 0.3) is 5.56 Å². The predicted octanol–water partition coefficient (Wildman–Crippen LogP) is 2.33. The highest BCUT2D eigenvalue weighted by Gasteiger charge is 2.09. The molecule has 1 aromatic heterocycles. The first kappa shape index (κ1) is 15.9. The van der Waals surface area contributed by atoms with Gasteiger partial charge in [0.15, 0.2) is 0 Å². The highest BCUT2D eigenvalue weighted by atomic mass is 16.2. The molecule has 0 saturated carbocycles. The number of para-hydroxylation sites is 1. The summed E-state index contributed by atoms with van der Waals surface area (Å²) < 4.78 is 1.34. The van der Waals surface area contributed by atoms with Crippen molar-refractivity contribution in [2.24, 2.45) is 0 Å². The van der Waals surface area contributed by atoms with Crippen molar-refractivity contribution in [3.8, 4) is 0 Å². The Bertz CT molecular complexity index is 960. The maximum absolute atomic E-state index is 12.5. The summed E-state index contributed by atoms with van der Waals surface area (Å²) in [7, 11) is 0. The highest BCUT2D eigenvalue weighted by molar-refractivity contribution is 5.81. The van der Waals surface area contributed by atoms with Crippen LogP contribution in [0.25, 0.3) is 10.9 Å². The first-order valence-corrected chi connectivity index (χ1v) is 7.82. The average molecular weight is 321 g/mol. The summed E-state index contributed by atoms with van der Waals surface area (Å²) in [6.07, 6.45) is 1.44. The molecule has 5 heteroatoms. The van der Waals surface area contributed by atoms with Crippen molar-refractivity contribution in [3.05, 3.63) is 75.8 Å². The van der Waals surface area contributed by atoms with Gasteiger partial charge in [0.05, 0.1) is 17.2 Å². The second-order valence-electron chi connectivity index (χ2n) is 5.85. The molecule has 0 aliphatic carbocycles. The number of carbonyl (C=O) groups is 1. The lowest BCUT2D eigenvalue weighted by atomic mass is 10.1. The Morgan fingerprint density at radius 1 is 1.08 bits per heavy atom. The third kappa shape index (κ3) is 3.20. The molecule has 0 aliphatic heterocycles. The van der Waals surface area contributed by atoms with Gasteiger partial charge in [-0.2, -0.15) is 0 Å². The summed E-state index contributed by atoms with van der Waals surface area (Å²) >= 11 is 0. The quantitative estimate of drug-likeness (QED) is 0.802. The van der Waals surface area contributed by atoms with Crippen molar-refractivity contribution in [2.45, 2.75) is 26.9 Å². The molecule has 0 unspecified atom stereocenters. The number of fused-ring (bicyclic) bond motifs is 1. The van der Waals surface area contributed by atoms with Crippen LogP contribution in [0.3, 0.4) is 0 Å². The molecular formula is C19H19N3O2. The topological polar surface area (TPSA) is 64.0 Å². The molecule has 3 aromatic rings. The van der Waals surface area contributed by atoms with Gasteiger partial charge in [-0.15, -0.1) is 0 Å². The fourth-order valence-electron chi connectivity index (χ4n) is 2.66. The molecule has 0 radical (unpaired) electrons. The normalized spacial score (nSPS) is 10.8. The number of hydrogen-bond acceptors (Lipinski definition) is 3. The molecule has 0 bridgehead atoms. The van der Waals surface area contributed by atoms with Gasteiger partial charge in [-0.1, -0.05) is 36.4 Å². The van der Waals surface area contributed by atoms with E-state index in [1.165, 1.54) is 10.9 Å². The van der Waals surface area contributed by atoms with E-state index < -0.39 is 0 Å². The number of nitrogens with one attached hydrogen (secondary N) is 1. The Labute approximate surface area is 140 Å². The molecular weight excluding hydrogens is 302 g/mol. The summed E-state index contributed by atoms with van der Waals surface area (Å²) in [6.45, 7) is 4.32. The fourth-order valence-corrected chi connectivity index (χ4v) is 2.66. The van der Waals surface area contributed by atoms with Gasteiger partial charge in [-0.05, 0) is 36.6 Å². The second kappa shape index (κ2) is 6.66. The number of amides is 1. The third-order valence-electron chi connectivity index (χ3n) is 4.11. The number of benzene rings is 2. The number of carbonyl (C=O) groups excluding carboxylic acids is 1. The van der Waals surface area contributed by atoms with Gasteiger partial charge in [-0.25, -0.2) is 4.98 Å². The van der Waals surface area contributed by atoms with Crippen molar-refractivity contribution < 1.29 is 4.79 Å². The average Bonchev–Trinajstić information content (AvgIpc) is 2.57. The van der Waals surface area contributed by atoms with Gasteiger partial charge in [0, 0.05) is 6.54 Å². The number of nitrogens with zero attached hydrogens (tertiary/aromatic N) is 2. The van der Waals surface area contributed by atoms with E-state index in [0.29, 0.717) is 17.4 Å². The van der Waals surface area contributed by atoms with E-state index in [0.717, 1.165) is 16.7 Å². The fraction of sp³-hybridized carbons (Fsp3) is 0.211. The molecule has 1 N–H and O–H groups in total. The minimum Gasteiger partial charge on any atom is -0.350 e. The largest absolute Gasteiger partial charge is 0.350 e. The Morgan fingerprint density at radius 2 is 1.83 bits per heavy atom. The summed E-state index contributed by atoms with van der Waals surface area (Å²) in [5.74, 6) is -0.214. The zero-order valence-corrected chi connectivity index (χ0v) is 13.7. The van der Waals surface area contributed by atoms with Crippen LogP contribution in [0.4, 0.5) is 0 Å². The van der Waals surface area contributed by atoms with E-state index >= 15 is 0 Å². The van der Waals surface area contributed by atoms with Crippen molar-refractivity contribution in [1.29, 1.82) is 0 Å². The number of rotatable bonds is 4.